The first-order chi connectivity index (χ1) is 22.8. The van der Waals surface area contributed by atoms with Gasteiger partial charge >= 0.3 is 0 Å². The maximum absolute atomic E-state index is 2.47. The lowest BCUT2D eigenvalue weighted by Gasteiger charge is -2.15. The first-order valence-electron chi connectivity index (χ1n) is 16.1. The molecule has 0 aliphatic heterocycles. The van der Waals surface area contributed by atoms with Crippen molar-refractivity contribution in [1.29, 1.82) is 0 Å². The summed E-state index contributed by atoms with van der Waals surface area (Å²) in [5.74, 6) is 0. The first kappa shape index (κ1) is 24.4. The number of fused-ring (bicyclic) bond motifs is 10. The summed E-state index contributed by atoms with van der Waals surface area (Å²) < 4.78 is 0. The third kappa shape index (κ3) is 3.13. The second-order valence-electron chi connectivity index (χ2n) is 12.8. The van der Waals surface area contributed by atoms with Crippen LogP contribution in [0.5, 0.6) is 0 Å². The molecule has 8 aromatic rings. The fourth-order valence-corrected chi connectivity index (χ4v) is 8.52. The Kier molecular flexibility index (Phi) is 4.66. The maximum Gasteiger partial charge on any atom is -0.000740 e. The molecule has 3 aliphatic rings. The van der Waals surface area contributed by atoms with E-state index in [0.29, 0.717) is 0 Å². The van der Waals surface area contributed by atoms with Gasteiger partial charge in [-0.05, 0) is 141 Å². The number of benzene rings is 8. The second kappa shape index (κ2) is 8.81. The number of hydrogen-bond donors (Lipinski definition) is 0. The molecule has 0 nitrogen and oxygen atoms in total. The lowest BCUT2D eigenvalue weighted by molar-refractivity contribution is 1.55. The number of allylic oxidation sites excluding steroid dienone is 2. The van der Waals surface area contributed by atoms with Gasteiger partial charge in [-0.15, -0.1) is 0 Å². The summed E-state index contributed by atoms with van der Waals surface area (Å²) >= 11 is 0. The highest BCUT2D eigenvalue weighted by molar-refractivity contribution is 6.36. The van der Waals surface area contributed by atoms with E-state index < -0.39 is 0 Å². The minimum absolute atomic E-state index is 1.26. The molecule has 3 aliphatic carbocycles. The molecule has 0 spiro atoms. The molecule has 0 heterocycles. The molecule has 0 heteroatoms. The van der Waals surface area contributed by atoms with Crippen LogP contribution < -0.4 is 0 Å². The summed E-state index contributed by atoms with van der Waals surface area (Å²) in [6.07, 6.45) is 0. The zero-order valence-electron chi connectivity index (χ0n) is 25.0. The molecule has 0 aromatic heterocycles. The van der Waals surface area contributed by atoms with Gasteiger partial charge in [-0.3, -0.25) is 0 Å². The summed E-state index contributed by atoms with van der Waals surface area (Å²) in [7, 11) is 0. The minimum atomic E-state index is 1.26. The number of rotatable bonds is 2. The smallest absolute Gasteiger partial charge is 0.000740 e. The van der Waals surface area contributed by atoms with E-state index in [1.54, 1.807) is 0 Å². The molecule has 8 aromatic carbocycles. The van der Waals surface area contributed by atoms with E-state index >= 15 is 0 Å². The summed E-state index contributed by atoms with van der Waals surface area (Å²) in [5, 5.41) is 7.79. The molecule has 0 unspecified atom stereocenters. The highest BCUT2D eigenvalue weighted by Crippen LogP contribution is 2.60. The normalized spacial score (nSPS) is 13.9. The van der Waals surface area contributed by atoms with E-state index in [1.807, 2.05) is 0 Å². The quantitative estimate of drug-likeness (QED) is 0.191. The lowest BCUT2D eigenvalue weighted by Crippen LogP contribution is -1.94. The molecule has 0 fully saturated rings. The molecule has 210 valence electrons. The topological polar surface area (TPSA) is 0 Å². The van der Waals surface area contributed by atoms with Gasteiger partial charge in [0.1, 0.15) is 0 Å². The average Bonchev–Trinajstić information content (AvgIpc) is 3.72. The second-order valence-corrected chi connectivity index (χ2v) is 12.8. The molecular formula is C46H26. The summed E-state index contributed by atoms with van der Waals surface area (Å²) in [6, 6.07) is 59.0. The third-order valence-electron chi connectivity index (χ3n) is 10.5. The Morgan fingerprint density at radius 3 is 1.24 bits per heavy atom. The van der Waals surface area contributed by atoms with E-state index in [-0.39, 0.29) is 0 Å². The van der Waals surface area contributed by atoms with E-state index in [1.165, 1.54) is 110 Å². The maximum atomic E-state index is 2.47. The molecule has 0 saturated carbocycles. The van der Waals surface area contributed by atoms with Crippen LogP contribution in [0.1, 0.15) is 33.4 Å². The van der Waals surface area contributed by atoms with Gasteiger partial charge in [-0.25, -0.2) is 0 Å². The van der Waals surface area contributed by atoms with Crippen LogP contribution in [0.15, 0.2) is 158 Å². The minimum Gasteiger partial charge on any atom is -0.0622 e. The zero-order chi connectivity index (χ0) is 29.9. The predicted octanol–water partition coefficient (Wildman–Crippen LogP) is 12.0. The van der Waals surface area contributed by atoms with Crippen LogP contribution >= 0.6 is 0 Å². The van der Waals surface area contributed by atoms with Gasteiger partial charge in [-0.2, -0.15) is 0 Å². The van der Waals surface area contributed by atoms with Crippen LogP contribution in [0.2, 0.25) is 0 Å². The molecular weight excluding hydrogens is 553 g/mol. The van der Waals surface area contributed by atoms with Gasteiger partial charge in [0.2, 0.25) is 0 Å². The zero-order valence-corrected chi connectivity index (χ0v) is 25.0. The largest absolute Gasteiger partial charge is 0.0622 e. The van der Waals surface area contributed by atoms with Gasteiger partial charge in [-0.1, -0.05) is 127 Å². The van der Waals surface area contributed by atoms with Crippen molar-refractivity contribution in [3.05, 3.63) is 191 Å². The van der Waals surface area contributed by atoms with Crippen molar-refractivity contribution < 1.29 is 0 Å². The van der Waals surface area contributed by atoms with Gasteiger partial charge < -0.3 is 0 Å². The van der Waals surface area contributed by atoms with Crippen LogP contribution in [0.25, 0.3) is 76.9 Å². The van der Waals surface area contributed by atoms with Crippen molar-refractivity contribution in [2.75, 3.05) is 0 Å². The van der Waals surface area contributed by atoms with Crippen molar-refractivity contribution in [3.63, 3.8) is 0 Å². The fraction of sp³-hybridized carbons (Fsp3) is 0. The van der Waals surface area contributed by atoms with Crippen LogP contribution in [0, 0.1) is 0 Å². The Bertz CT molecular complexity index is 2710. The summed E-state index contributed by atoms with van der Waals surface area (Å²) in [4.78, 5) is 0. The van der Waals surface area contributed by atoms with Crippen LogP contribution in [0.4, 0.5) is 0 Å². The van der Waals surface area contributed by atoms with Gasteiger partial charge in [0.25, 0.3) is 0 Å². The SMILES string of the molecule is c1ccc(C2=C3C(=C(c4ccc5c(c4)-c4cccc6cccc-5c46)c4cc5ccccc5cc43)c3cc4ccccc4cc32)cc1. The fourth-order valence-electron chi connectivity index (χ4n) is 8.52. The molecule has 46 heavy (non-hydrogen) atoms. The van der Waals surface area contributed by atoms with Crippen molar-refractivity contribution in [2.24, 2.45) is 0 Å². The third-order valence-corrected chi connectivity index (χ3v) is 10.5. The first-order valence-corrected chi connectivity index (χ1v) is 16.1. The molecule has 0 atom stereocenters. The standard InChI is InChI=1S/C46H26/c1-2-10-28(11-3-1)43-38-22-29-12-4-6-14-31(29)24-40(38)46-44(39-23-30-13-5-7-15-32(30)25-41(39)45(43)46)33-20-21-34-35-18-8-16-27-17-9-19-36(42(27)35)37(34)26-33/h1-26H. The molecule has 0 saturated heterocycles. The highest BCUT2D eigenvalue weighted by atomic mass is 14.4. The molecule has 0 bridgehead atoms. The summed E-state index contributed by atoms with van der Waals surface area (Å²) in [5.41, 5.74) is 18.6. The molecule has 11 rings (SSSR count). The molecule has 0 radical (unpaired) electrons. The molecule has 0 amide bonds. The van der Waals surface area contributed by atoms with Crippen LogP contribution in [-0.4, -0.2) is 0 Å². The van der Waals surface area contributed by atoms with Crippen molar-refractivity contribution in [2.45, 2.75) is 0 Å². The Morgan fingerprint density at radius 2 is 0.674 bits per heavy atom. The van der Waals surface area contributed by atoms with Gasteiger partial charge in [0.05, 0.1) is 0 Å². The van der Waals surface area contributed by atoms with Crippen molar-refractivity contribution >= 4 is 54.6 Å². The van der Waals surface area contributed by atoms with Crippen molar-refractivity contribution in [3.8, 4) is 22.3 Å². The van der Waals surface area contributed by atoms with E-state index in [2.05, 4.69) is 158 Å². The number of hydrogen-bond acceptors (Lipinski definition) is 0. The summed E-state index contributed by atoms with van der Waals surface area (Å²) in [6.45, 7) is 0. The lowest BCUT2D eigenvalue weighted by atomic mass is 9.88. The van der Waals surface area contributed by atoms with Gasteiger partial charge in [0, 0.05) is 0 Å². The van der Waals surface area contributed by atoms with E-state index in [0.717, 1.165) is 0 Å². The molecule has 0 N–H and O–H groups in total. The Hall–Kier alpha value is -5.98. The average molecular weight is 579 g/mol. The van der Waals surface area contributed by atoms with E-state index in [4.69, 9.17) is 0 Å². The van der Waals surface area contributed by atoms with Gasteiger partial charge in [0.15, 0.2) is 0 Å². The Balaban J connectivity index is 1.28. The van der Waals surface area contributed by atoms with Crippen LogP contribution in [-0.2, 0) is 0 Å². The van der Waals surface area contributed by atoms with Crippen LogP contribution in [0.3, 0.4) is 0 Å². The Morgan fingerprint density at radius 1 is 0.217 bits per heavy atom. The predicted molar refractivity (Wildman–Crippen MR) is 195 cm³/mol. The monoisotopic (exact) mass is 578 g/mol. The Labute approximate surface area is 267 Å². The van der Waals surface area contributed by atoms with Crippen molar-refractivity contribution in [1.82, 2.24) is 0 Å². The highest BCUT2D eigenvalue weighted by Gasteiger charge is 2.38. The van der Waals surface area contributed by atoms with E-state index in [9.17, 15) is 0 Å².